The summed E-state index contributed by atoms with van der Waals surface area (Å²) >= 11 is 1.14. The fourth-order valence-corrected chi connectivity index (χ4v) is 4.83. The number of phenolic OH excluding ortho intramolecular Hbond substituents is 1. The van der Waals surface area contributed by atoms with E-state index in [1.165, 1.54) is 24.3 Å². The van der Waals surface area contributed by atoms with E-state index in [1.807, 2.05) is 0 Å². The summed E-state index contributed by atoms with van der Waals surface area (Å²) in [7, 11) is -3.74. The number of hydrogen-bond donors (Lipinski definition) is 3. The van der Waals surface area contributed by atoms with Crippen molar-refractivity contribution in [3.8, 4) is 5.75 Å². The van der Waals surface area contributed by atoms with Gasteiger partial charge in [0.1, 0.15) is 5.75 Å². The SMILES string of the molecule is O=C(Nc1cccc(O)c1)c1ccc2nc(NS(=O)(=O)c3ccccc3)sc2c1. The summed E-state index contributed by atoms with van der Waals surface area (Å²) in [6.07, 6.45) is 0. The summed E-state index contributed by atoms with van der Waals surface area (Å²) in [5, 5.41) is 12.4. The van der Waals surface area contributed by atoms with E-state index in [2.05, 4.69) is 15.0 Å². The van der Waals surface area contributed by atoms with Gasteiger partial charge in [-0.05, 0) is 42.5 Å². The van der Waals surface area contributed by atoms with Gasteiger partial charge in [0.2, 0.25) is 0 Å². The zero-order chi connectivity index (χ0) is 20.4. The Bertz CT molecular complexity index is 1300. The average Bonchev–Trinajstić information content (AvgIpc) is 3.09. The normalized spacial score (nSPS) is 11.3. The second-order valence-electron chi connectivity index (χ2n) is 6.12. The number of anilines is 2. The van der Waals surface area contributed by atoms with Gasteiger partial charge in [0.05, 0.1) is 15.1 Å². The van der Waals surface area contributed by atoms with Gasteiger partial charge in [-0.3, -0.25) is 9.52 Å². The highest BCUT2D eigenvalue weighted by molar-refractivity contribution is 7.93. The summed E-state index contributed by atoms with van der Waals surface area (Å²) in [4.78, 5) is 16.9. The number of amides is 1. The highest BCUT2D eigenvalue weighted by Gasteiger charge is 2.17. The Labute approximate surface area is 170 Å². The van der Waals surface area contributed by atoms with Crippen LogP contribution in [0.5, 0.6) is 5.75 Å². The van der Waals surface area contributed by atoms with Gasteiger partial charge in [0.25, 0.3) is 15.9 Å². The Morgan fingerprint density at radius 1 is 0.966 bits per heavy atom. The molecule has 0 aliphatic heterocycles. The topological polar surface area (TPSA) is 108 Å². The number of aromatic nitrogens is 1. The molecule has 0 atom stereocenters. The van der Waals surface area contributed by atoms with Gasteiger partial charge < -0.3 is 10.4 Å². The number of nitrogens with one attached hydrogen (secondary N) is 2. The van der Waals surface area contributed by atoms with Gasteiger partial charge in [0.15, 0.2) is 5.13 Å². The predicted molar refractivity (Wildman–Crippen MR) is 113 cm³/mol. The van der Waals surface area contributed by atoms with Crippen molar-refractivity contribution in [3.63, 3.8) is 0 Å². The molecular weight excluding hydrogens is 410 g/mol. The number of hydrogen-bond acceptors (Lipinski definition) is 6. The van der Waals surface area contributed by atoms with Crippen LogP contribution < -0.4 is 10.0 Å². The van der Waals surface area contributed by atoms with Crippen molar-refractivity contribution in [1.82, 2.24) is 4.98 Å². The first-order chi connectivity index (χ1) is 13.9. The number of benzene rings is 3. The van der Waals surface area contributed by atoms with Crippen molar-refractivity contribution in [3.05, 3.63) is 78.4 Å². The summed E-state index contributed by atoms with van der Waals surface area (Å²) < 4.78 is 28.0. The van der Waals surface area contributed by atoms with E-state index >= 15 is 0 Å². The minimum Gasteiger partial charge on any atom is -0.508 e. The van der Waals surface area contributed by atoms with Crippen LogP contribution in [0.25, 0.3) is 10.2 Å². The van der Waals surface area contributed by atoms with Crippen molar-refractivity contribution < 1.29 is 18.3 Å². The van der Waals surface area contributed by atoms with Gasteiger partial charge in [-0.25, -0.2) is 13.4 Å². The van der Waals surface area contributed by atoms with E-state index in [4.69, 9.17) is 0 Å². The lowest BCUT2D eigenvalue weighted by Crippen LogP contribution is -2.12. The van der Waals surface area contributed by atoms with Crippen LogP contribution in [0.4, 0.5) is 10.8 Å². The molecule has 0 fully saturated rings. The Balaban J connectivity index is 1.57. The molecule has 0 radical (unpaired) electrons. The van der Waals surface area contributed by atoms with Crippen LogP contribution in [0.1, 0.15) is 10.4 Å². The van der Waals surface area contributed by atoms with Crippen LogP contribution in [0.15, 0.2) is 77.7 Å². The average molecular weight is 425 g/mol. The molecule has 0 aliphatic carbocycles. The van der Waals surface area contributed by atoms with Crippen molar-refractivity contribution in [2.45, 2.75) is 4.90 Å². The molecule has 0 spiro atoms. The largest absolute Gasteiger partial charge is 0.508 e. The van der Waals surface area contributed by atoms with Crippen molar-refractivity contribution in [2.24, 2.45) is 0 Å². The number of phenols is 1. The molecule has 0 saturated carbocycles. The number of fused-ring (bicyclic) bond motifs is 1. The number of carbonyl (C=O) groups excluding carboxylic acids is 1. The highest BCUT2D eigenvalue weighted by atomic mass is 32.2. The lowest BCUT2D eigenvalue weighted by molar-refractivity contribution is 0.102. The van der Waals surface area contributed by atoms with Crippen LogP contribution in [-0.2, 0) is 10.0 Å². The minimum absolute atomic E-state index is 0.0519. The molecule has 0 bridgehead atoms. The van der Waals surface area contributed by atoms with Crippen LogP contribution in [0.2, 0.25) is 0 Å². The summed E-state index contributed by atoms with van der Waals surface area (Å²) in [6.45, 7) is 0. The maximum Gasteiger partial charge on any atom is 0.263 e. The Morgan fingerprint density at radius 2 is 1.76 bits per heavy atom. The van der Waals surface area contributed by atoms with Crippen molar-refractivity contribution >= 4 is 48.3 Å². The summed E-state index contributed by atoms with van der Waals surface area (Å²) in [5.74, 6) is -0.298. The standard InChI is InChI=1S/C20H15N3O4S2/c24-15-6-4-5-14(12-15)21-19(25)13-9-10-17-18(11-13)28-20(22-17)23-29(26,27)16-7-2-1-3-8-16/h1-12,24H,(H,21,25)(H,22,23). The third kappa shape index (κ3) is 4.20. The van der Waals surface area contributed by atoms with E-state index in [1.54, 1.807) is 48.5 Å². The molecule has 9 heteroatoms. The number of sulfonamides is 1. The highest BCUT2D eigenvalue weighted by Crippen LogP contribution is 2.29. The smallest absolute Gasteiger partial charge is 0.263 e. The maximum atomic E-state index is 12.5. The fourth-order valence-electron chi connectivity index (χ4n) is 2.67. The lowest BCUT2D eigenvalue weighted by atomic mass is 10.2. The fraction of sp³-hybridized carbons (Fsp3) is 0. The molecule has 4 rings (SSSR count). The number of nitrogens with zero attached hydrogens (tertiary/aromatic N) is 1. The molecule has 1 aromatic heterocycles. The summed E-state index contributed by atoms with van der Waals surface area (Å²) in [6, 6.07) is 19.2. The van der Waals surface area contributed by atoms with Crippen LogP contribution in [-0.4, -0.2) is 24.4 Å². The molecule has 3 aromatic carbocycles. The van der Waals surface area contributed by atoms with E-state index in [0.29, 0.717) is 21.5 Å². The third-order valence-corrected chi connectivity index (χ3v) is 6.45. The second-order valence-corrected chi connectivity index (χ2v) is 8.84. The Kier molecular flexibility index (Phi) is 4.91. The molecule has 1 amide bonds. The van der Waals surface area contributed by atoms with Crippen LogP contribution in [0, 0.1) is 0 Å². The predicted octanol–water partition coefficient (Wildman–Crippen LogP) is 4.06. The first-order valence-corrected chi connectivity index (χ1v) is 10.8. The molecule has 3 N–H and O–H groups in total. The van der Waals surface area contributed by atoms with E-state index in [9.17, 15) is 18.3 Å². The van der Waals surface area contributed by atoms with E-state index in [0.717, 1.165) is 11.3 Å². The van der Waals surface area contributed by atoms with Crippen molar-refractivity contribution in [2.75, 3.05) is 10.0 Å². The lowest BCUT2D eigenvalue weighted by Gasteiger charge is -2.05. The number of carbonyl (C=O) groups is 1. The van der Waals surface area contributed by atoms with E-state index in [-0.39, 0.29) is 21.7 Å². The summed E-state index contributed by atoms with van der Waals surface area (Å²) in [5.41, 5.74) is 1.44. The maximum absolute atomic E-state index is 12.5. The zero-order valence-corrected chi connectivity index (χ0v) is 16.5. The van der Waals surface area contributed by atoms with Gasteiger partial charge in [-0.2, -0.15) is 0 Å². The first kappa shape index (κ1) is 18.9. The Hall–Kier alpha value is -3.43. The molecule has 0 saturated heterocycles. The molecule has 4 aromatic rings. The molecule has 29 heavy (non-hydrogen) atoms. The molecule has 146 valence electrons. The van der Waals surface area contributed by atoms with Crippen molar-refractivity contribution in [1.29, 1.82) is 0 Å². The monoisotopic (exact) mass is 425 g/mol. The Morgan fingerprint density at radius 3 is 2.52 bits per heavy atom. The van der Waals surface area contributed by atoms with Gasteiger partial charge in [-0.1, -0.05) is 35.6 Å². The number of aromatic hydroxyl groups is 1. The van der Waals surface area contributed by atoms with E-state index < -0.39 is 10.0 Å². The van der Waals surface area contributed by atoms with Gasteiger partial charge in [-0.15, -0.1) is 0 Å². The minimum atomic E-state index is -3.74. The third-order valence-electron chi connectivity index (χ3n) is 4.03. The zero-order valence-electron chi connectivity index (χ0n) is 14.9. The van der Waals surface area contributed by atoms with Gasteiger partial charge in [0, 0.05) is 17.3 Å². The van der Waals surface area contributed by atoms with Gasteiger partial charge >= 0.3 is 0 Å². The first-order valence-electron chi connectivity index (χ1n) is 8.49. The molecule has 0 unspecified atom stereocenters. The molecule has 0 aliphatic rings. The number of rotatable bonds is 5. The quantitative estimate of drug-likeness (QED) is 0.447. The molecule has 1 heterocycles. The molecule has 7 nitrogen and oxygen atoms in total. The molecular formula is C20H15N3O4S2. The number of thiazole rings is 1. The van der Waals surface area contributed by atoms with Crippen LogP contribution in [0.3, 0.4) is 0 Å². The second kappa shape index (κ2) is 7.53. The van der Waals surface area contributed by atoms with Crippen LogP contribution >= 0.6 is 11.3 Å².